The number of para-hydroxylation sites is 2. The fraction of sp³-hybridized carbons (Fsp3) is 0.308. The Bertz CT molecular complexity index is 826. The van der Waals surface area contributed by atoms with Crippen LogP contribution in [0.25, 0.3) is 11.0 Å². The number of nitrogens with one attached hydrogen (secondary N) is 2. The van der Waals surface area contributed by atoms with Gasteiger partial charge in [0.25, 0.3) is 0 Å². The van der Waals surface area contributed by atoms with E-state index in [1.165, 1.54) is 11.6 Å². The molecule has 8 nitrogen and oxygen atoms in total. The molecule has 1 aromatic carbocycles. The standard InChI is InChI=1S/C13H16N4O4S/c1-14-12(19)16-11(18)7-8-17-10-6-4-3-5-9(10)15-13(17)22(2,20)21/h3-6H,7-8H2,1-2H3,(H2,14,16,18,19). The molecule has 2 N–H and O–H groups in total. The predicted molar refractivity (Wildman–Crippen MR) is 80.1 cm³/mol. The number of carbonyl (C=O) groups is 2. The minimum Gasteiger partial charge on any atom is -0.341 e. The summed E-state index contributed by atoms with van der Waals surface area (Å²) >= 11 is 0. The number of fused-ring (bicyclic) bond motifs is 1. The maximum Gasteiger partial charge on any atom is 0.321 e. The number of amides is 3. The zero-order valence-corrected chi connectivity index (χ0v) is 13.0. The van der Waals surface area contributed by atoms with Gasteiger partial charge < -0.3 is 9.88 Å². The number of sulfone groups is 1. The Morgan fingerprint density at radius 3 is 2.59 bits per heavy atom. The molecule has 1 aromatic heterocycles. The zero-order valence-electron chi connectivity index (χ0n) is 12.2. The van der Waals surface area contributed by atoms with Gasteiger partial charge in [-0.05, 0) is 12.1 Å². The van der Waals surface area contributed by atoms with E-state index in [0.717, 1.165) is 6.26 Å². The Kier molecular flexibility index (Phi) is 4.45. The molecule has 22 heavy (non-hydrogen) atoms. The van der Waals surface area contributed by atoms with Gasteiger partial charge >= 0.3 is 6.03 Å². The molecule has 3 amide bonds. The van der Waals surface area contributed by atoms with Gasteiger partial charge in [-0.25, -0.2) is 18.2 Å². The minimum atomic E-state index is -3.53. The average molecular weight is 324 g/mol. The summed E-state index contributed by atoms with van der Waals surface area (Å²) in [5, 5.41) is 4.30. The number of hydrogen-bond donors (Lipinski definition) is 2. The van der Waals surface area contributed by atoms with Gasteiger partial charge in [0.05, 0.1) is 11.0 Å². The van der Waals surface area contributed by atoms with Crippen molar-refractivity contribution in [2.24, 2.45) is 0 Å². The number of aromatic nitrogens is 2. The van der Waals surface area contributed by atoms with Crippen LogP contribution >= 0.6 is 0 Å². The van der Waals surface area contributed by atoms with Crippen LogP contribution in [0.4, 0.5) is 4.79 Å². The third kappa shape index (κ3) is 3.42. The Hall–Kier alpha value is -2.42. The summed E-state index contributed by atoms with van der Waals surface area (Å²) in [6.07, 6.45) is 1.02. The van der Waals surface area contributed by atoms with E-state index in [1.807, 2.05) is 0 Å². The van der Waals surface area contributed by atoms with Gasteiger partial charge in [-0.3, -0.25) is 10.1 Å². The van der Waals surface area contributed by atoms with Crippen LogP contribution in [0.15, 0.2) is 29.4 Å². The van der Waals surface area contributed by atoms with E-state index in [1.54, 1.807) is 24.3 Å². The van der Waals surface area contributed by atoms with Gasteiger partial charge in [-0.2, -0.15) is 0 Å². The first kappa shape index (κ1) is 16.0. The van der Waals surface area contributed by atoms with Crippen molar-refractivity contribution in [3.05, 3.63) is 24.3 Å². The largest absolute Gasteiger partial charge is 0.341 e. The zero-order chi connectivity index (χ0) is 16.3. The predicted octanol–water partition coefficient (Wildman–Crippen LogP) is 0.286. The molecular weight excluding hydrogens is 308 g/mol. The molecular formula is C13H16N4O4S. The number of imidazole rings is 1. The lowest BCUT2D eigenvalue weighted by molar-refractivity contribution is -0.120. The third-order valence-electron chi connectivity index (χ3n) is 2.99. The maximum atomic E-state index is 11.8. The molecule has 0 unspecified atom stereocenters. The van der Waals surface area contributed by atoms with Crippen LogP contribution in [0, 0.1) is 0 Å². The van der Waals surface area contributed by atoms with E-state index in [4.69, 9.17) is 0 Å². The van der Waals surface area contributed by atoms with Crippen LogP contribution < -0.4 is 10.6 Å². The molecule has 0 saturated heterocycles. The first-order valence-electron chi connectivity index (χ1n) is 6.50. The van der Waals surface area contributed by atoms with Crippen molar-refractivity contribution in [2.45, 2.75) is 18.1 Å². The first-order valence-corrected chi connectivity index (χ1v) is 8.39. The lowest BCUT2D eigenvalue weighted by Gasteiger charge is -2.08. The molecule has 0 aliphatic rings. The molecule has 0 aliphatic carbocycles. The molecule has 0 spiro atoms. The number of aryl methyl sites for hydroxylation is 1. The van der Waals surface area contributed by atoms with Crippen LogP contribution in [0.3, 0.4) is 0 Å². The molecule has 0 aliphatic heterocycles. The third-order valence-corrected chi connectivity index (χ3v) is 3.97. The highest BCUT2D eigenvalue weighted by Crippen LogP contribution is 2.19. The molecule has 9 heteroatoms. The highest BCUT2D eigenvalue weighted by atomic mass is 32.2. The van der Waals surface area contributed by atoms with Crippen LogP contribution in [0.2, 0.25) is 0 Å². The van der Waals surface area contributed by atoms with E-state index < -0.39 is 21.8 Å². The van der Waals surface area contributed by atoms with Crippen molar-refractivity contribution in [2.75, 3.05) is 13.3 Å². The van der Waals surface area contributed by atoms with Crippen LogP contribution in [0.5, 0.6) is 0 Å². The maximum absolute atomic E-state index is 11.8. The number of imide groups is 1. The molecule has 0 saturated carbocycles. The van der Waals surface area contributed by atoms with Gasteiger partial charge in [0.15, 0.2) is 0 Å². The van der Waals surface area contributed by atoms with Gasteiger partial charge in [-0.15, -0.1) is 0 Å². The van der Waals surface area contributed by atoms with Gasteiger partial charge in [-0.1, -0.05) is 12.1 Å². The number of carbonyl (C=O) groups excluding carboxylic acids is 2. The highest BCUT2D eigenvalue weighted by Gasteiger charge is 2.19. The second kappa shape index (κ2) is 6.14. The average Bonchev–Trinajstić information content (AvgIpc) is 2.84. The van der Waals surface area contributed by atoms with Crippen LogP contribution in [-0.4, -0.2) is 43.2 Å². The first-order chi connectivity index (χ1) is 10.3. The van der Waals surface area contributed by atoms with E-state index >= 15 is 0 Å². The van der Waals surface area contributed by atoms with Crippen molar-refractivity contribution >= 4 is 32.8 Å². The summed E-state index contributed by atoms with van der Waals surface area (Å²) in [5.74, 6) is -0.503. The molecule has 1 heterocycles. The second-order valence-corrected chi connectivity index (χ2v) is 6.59. The number of nitrogens with zero attached hydrogens (tertiary/aromatic N) is 2. The van der Waals surface area contributed by atoms with Crippen molar-refractivity contribution in [1.82, 2.24) is 20.2 Å². The quantitative estimate of drug-likeness (QED) is 0.839. The summed E-state index contributed by atoms with van der Waals surface area (Å²) in [7, 11) is -2.13. The van der Waals surface area contributed by atoms with Crippen LogP contribution in [0.1, 0.15) is 6.42 Å². The second-order valence-electron chi connectivity index (χ2n) is 4.68. The summed E-state index contributed by atoms with van der Waals surface area (Å²) in [6.45, 7) is 0.103. The van der Waals surface area contributed by atoms with Crippen molar-refractivity contribution < 1.29 is 18.0 Å². The Balaban J connectivity index is 2.30. The molecule has 0 atom stereocenters. The molecule has 118 valence electrons. The number of benzene rings is 1. The summed E-state index contributed by atoms with van der Waals surface area (Å²) in [4.78, 5) is 26.8. The van der Waals surface area contributed by atoms with Crippen molar-refractivity contribution in [3.63, 3.8) is 0 Å². The summed E-state index contributed by atoms with van der Waals surface area (Å²) in [6, 6.07) is 6.34. The van der Waals surface area contributed by atoms with E-state index in [2.05, 4.69) is 15.6 Å². The highest BCUT2D eigenvalue weighted by molar-refractivity contribution is 7.90. The lowest BCUT2D eigenvalue weighted by atomic mass is 10.3. The molecule has 0 fully saturated rings. The van der Waals surface area contributed by atoms with Gasteiger partial charge in [0, 0.05) is 26.3 Å². The summed E-state index contributed by atoms with van der Waals surface area (Å²) < 4.78 is 25.2. The van der Waals surface area contributed by atoms with Crippen molar-refractivity contribution in [1.29, 1.82) is 0 Å². The topological polar surface area (TPSA) is 110 Å². The smallest absolute Gasteiger partial charge is 0.321 e. The van der Waals surface area contributed by atoms with E-state index in [0.29, 0.717) is 11.0 Å². The normalized spacial score (nSPS) is 11.4. The molecule has 0 bridgehead atoms. The number of rotatable bonds is 4. The monoisotopic (exact) mass is 324 g/mol. The van der Waals surface area contributed by atoms with Gasteiger partial charge in [0.1, 0.15) is 0 Å². The van der Waals surface area contributed by atoms with E-state index in [9.17, 15) is 18.0 Å². The Labute approximate surface area is 127 Å². The number of hydrogen-bond acceptors (Lipinski definition) is 5. The molecule has 0 radical (unpaired) electrons. The summed E-state index contributed by atoms with van der Waals surface area (Å²) in [5.41, 5.74) is 1.16. The SMILES string of the molecule is CNC(=O)NC(=O)CCn1c(S(C)(=O)=O)nc2ccccc21. The molecule has 2 rings (SSSR count). The minimum absolute atomic E-state index is 0.0453. The fourth-order valence-corrected chi connectivity index (χ4v) is 2.87. The number of urea groups is 1. The van der Waals surface area contributed by atoms with Gasteiger partial charge in [0.2, 0.25) is 20.9 Å². The Morgan fingerprint density at radius 2 is 1.95 bits per heavy atom. The lowest BCUT2D eigenvalue weighted by Crippen LogP contribution is -2.37. The molecule has 2 aromatic rings. The van der Waals surface area contributed by atoms with E-state index in [-0.39, 0.29) is 18.1 Å². The van der Waals surface area contributed by atoms with Crippen LogP contribution in [-0.2, 0) is 21.2 Å². The Morgan fingerprint density at radius 1 is 1.27 bits per heavy atom. The fourth-order valence-electron chi connectivity index (χ4n) is 2.02. The van der Waals surface area contributed by atoms with Crippen molar-refractivity contribution in [3.8, 4) is 0 Å².